The number of hydrogen-bond donors (Lipinski definition) is 3. The van der Waals surface area contributed by atoms with E-state index in [2.05, 4.69) is 351 Å². The molecule has 0 aliphatic heterocycles. The number of pyridine rings is 3. The Morgan fingerprint density at radius 1 is 0.245 bits per heavy atom. The van der Waals surface area contributed by atoms with Gasteiger partial charge in [0.2, 0.25) is 17.7 Å². The Labute approximate surface area is 889 Å². The minimum atomic E-state index is -0.184. The first-order valence-electron chi connectivity index (χ1n) is 49.4. The normalized spacial score (nSPS) is 12.0. The monoisotopic (exact) mass is 2430 g/mol. The van der Waals surface area contributed by atoms with Crippen molar-refractivity contribution in [2.75, 3.05) is 0 Å². The summed E-state index contributed by atoms with van der Waals surface area (Å²) >= 11 is 0. The van der Waals surface area contributed by atoms with E-state index in [0.29, 0.717) is 86.6 Å². The third kappa shape index (κ3) is 24.1. The standard InChI is InChI=1S/2C44H47N2O2.C40H39N2O2.3Pt/c1-26(2)29-20-30(27(3)4)22-31(21-29)28-18-19-45-38(23-28)35-24-34(36(43(5,6)7)25-37(35)44(8,9)10)32-15-13-17-40-41(32)46-42(48-40)33-14-11-12-16-39(33)47;1-26(2)29-17-30(27(3)4)19-31(18-29)28-15-16-45-38(23-28)33-20-32(21-34(22-33)43(5,6)7)37-24-35(44(8,9)10)25-40-41(37)46-42(48-40)36-13-11-12-14-39(36)47;1-24(2)27-17-28(25(3)4)19-29(18-27)26-15-16-41-35(23-26)31-20-30(21-32(22-31)40(5,6)7)33-12-10-14-37-38(33)42-39(44-37)34-11-8-9-13-36(34)43;;;/h11-23,25-27,47H,1-10H3;11-19,21-27,47H,1-10H3;8-19,21-25,43H,1-7H3;;;/q3*-1;;;. The van der Waals surface area contributed by atoms with Crippen LogP contribution in [0, 0.1) is 18.2 Å². The molecule has 18 aromatic rings. The van der Waals surface area contributed by atoms with E-state index in [4.69, 9.17) is 43.2 Å². The second-order valence-electron chi connectivity index (χ2n) is 44.7. The molecule has 744 valence electrons. The summed E-state index contributed by atoms with van der Waals surface area (Å²) in [6, 6.07) is 94.1. The fourth-order valence-electron chi connectivity index (χ4n) is 17.8. The van der Waals surface area contributed by atoms with Gasteiger partial charge in [-0.2, -0.15) is 0 Å². The number of phenolic OH excluding ortho intramolecular Hbond substituents is 3. The molecule has 12 nitrogen and oxygen atoms in total. The van der Waals surface area contributed by atoms with Crippen LogP contribution in [0.25, 0.3) is 168 Å². The maximum absolute atomic E-state index is 10.6. The molecule has 0 unspecified atom stereocenters. The van der Waals surface area contributed by atoms with Crippen molar-refractivity contribution in [1.82, 2.24) is 29.9 Å². The molecule has 0 atom stereocenters. The number of aromatic hydroxyl groups is 3. The van der Waals surface area contributed by atoms with E-state index in [9.17, 15) is 15.3 Å². The van der Waals surface area contributed by atoms with Crippen LogP contribution < -0.4 is 0 Å². The fraction of sp³-hybridized carbons (Fsp3) is 0.297. The number of aromatic nitrogens is 6. The predicted octanol–water partition coefficient (Wildman–Crippen LogP) is 35.4. The van der Waals surface area contributed by atoms with E-state index in [0.717, 1.165) is 106 Å². The van der Waals surface area contributed by atoms with E-state index in [1.165, 1.54) is 72.3 Å². The second-order valence-corrected chi connectivity index (χ2v) is 44.7. The smallest absolute Gasteiger partial charge is 0.230 e. The molecule has 6 heterocycles. The molecular weight excluding hydrogens is 2300 g/mol. The summed E-state index contributed by atoms with van der Waals surface area (Å²) in [7, 11) is 0. The maximum atomic E-state index is 10.6. The minimum absolute atomic E-state index is 0. The van der Waals surface area contributed by atoms with E-state index in [1.54, 1.807) is 36.4 Å². The summed E-state index contributed by atoms with van der Waals surface area (Å²) in [5, 5.41) is 31.6. The molecular formula is C128H133N6O6Pt3-3. The molecule has 0 spiro atoms. The van der Waals surface area contributed by atoms with Crippen molar-refractivity contribution in [2.45, 2.75) is 250 Å². The summed E-state index contributed by atoms with van der Waals surface area (Å²) in [6.45, 7) is 60.5. The van der Waals surface area contributed by atoms with Crippen molar-refractivity contribution >= 4 is 33.3 Å². The number of hydrogen-bond acceptors (Lipinski definition) is 12. The molecule has 0 saturated carbocycles. The number of fused-ring (bicyclic) bond motifs is 3. The van der Waals surface area contributed by atoms with Crippen molar-refractivity contribution in [3.63, 3.8) is 0 Å². The topological polar surface area (TPSA) is 177 Å². The van der Waals surface area contributed by atoms with Gasteiger partial charge in [-0.3, -0.25) is 15.0 Å². The van der Waals surface area contributed by atoms with Gasteiger partial charge < -0.3 is 28.6 Å². The number of nitrogens with zero attached hydrogens (tertiary/aromatic N) is 6. The van der Waals surface area contributed by atoms with Gasteiger partial charge >= 0.3 is 0 Å². The van der Waals surface area contributed by atoms with Crippen LogP contribution in [0.4, 0.5) is 0 Å². The van der Waals surface area contributed by atoms with Crippen molar-refractivity contribution < 1.29 is 91.8 Å². The van der Waals surface area contributed by atoms with Gasteiger partial charge in [-0.05, 0) is 208 Å². The summed E-state index contributed by atoms with van der Waals surface area (Å²) in [4.78, 5) is 29.5. The van der Waals surface area contributed by atoms with Gasteiger partial charge in [-0.25, -0.2) is 15.0 Å². The van der Waals surface area contributed by atoms with Gasteiger partial charge in [0.25, 0.3) is 0 Å². The molecule has 6 aromatic heterocycles. The van der Waals surface area contributed by atoms with Crippen molar-refractivity contribution in [3.8, 4) is 152 Å². The Morgan fingerprint density at radius 3 is 0.888 bits per heavy atom. The first-order valence-corrected chi connectivity index (χ1v) is 49.4. The molecule has 18 rings (SSSR count). The molecule has 0 aliphatic carbocycles. The average Bonchev–Trinajstić information content (AvgIpc) is 1.74. The third-order valence-electron chi connectivity index (χ3n) is 26.6. The second kappa shape index (κ2) is 43.5. The van der Waals surface area contributed by atoms with Crippen LogP contribution in [-0.2, 0) is 90.3 Å². The average molecular weight is 2440 g/mol. The molecule has 0 saturated heterocycles. The van der Waals surface area contributed by atoms with Gasteiger partial charge in [-0.1, -0.05) is 360 Å². The summed E-state index contributed by atoms with van der Waals surface area (Å²) < 4.78 is 18.7. The zero-order valence-corrected chi connectivity index (χ0v) is 94.3. The van der Waals surface area contributed by atoms with Gasteiger partial charge in [0, 0.05) is 98.9 Å². The zero-order valence-electron chi connectivity index (χ0n) is 87.5. The predicted molar refractivity (Wildman–Crippen MR) is 580 cm³/mol. The first kappa shape index (κ1) is 108. The summed E-state index contributed by atoms with van der Waals surface area (Å²) in [5.74, 6) is 4.19. The SMILES string of the molecule is CC(C)c1cc(-c2ccnc(-c3[c-]c(-c4cc(C(C)(C)C)cc5oc(-c6ccccc6O)nc45)cc(C(C)(C)C)c3)c2)cc(C(C)C)c1.CC(C)c1cc(-c2ccnc(-c3[c-]c(-c4cccc5oc(-c6ccccc6O)nc45)c(C(C)(C)C)cc3C(C)(C)C)c2)cc(C(C)C)c1.CC(C)c1cc(-c2ccnc(-c3[c-]c(-c4cccc5oc(-c6ccccc6O)nc45)cc(C(C)(C)C)c3)c2)cc(C(C)C)c1.[Pt].[Pt].[Pt]. The molecule has 3 N–H and O–H groups in total. The maximum Gasteiger partial charge on any atom is 0.230 e. The summed E-state index contributed by atoms with van der Waals surface area (Å²) in [5.41, 5.74) is 37.3. The van der Waals surface area contributed by atoms with Crippen LogP contribution in [0.5, 0.6) is 17.2 Å². The van der Waals surface area contributed by atoms with Gasteiger partial charge in [0.1, 0.15) is 34.0 Å². The zero-order chi connectivity index (χ0) is 100. The molecule has 0 fully saturated rings. The number of phenols is 3. The Hall–Kier alpha value is -12.0. The van der Waals surface area contributed by atoms with Crippen LogP contribution >= 0.6 is 0 Å². The number of benzene rings is 12. The molecule has 15 heteroatoms. The molecule has 0 aliphatic rings. The van der Waals surface area contributed by atoms with Crippen LogP contribution in [-0.4, -0.2) is 45.2 Å². The van der Waals surface area contributed by atoms with Crippen LogP contribution in [0.2, 0.25) is 0 Å². The van der Waals surface area contributed by atoms with Gasteiger partial charge in [0.05, 0.1) is 33.2 Å². The van der Waals surface area contributed by atoms with Crippen molar-refractivity contribution in [1.29, 1.82) is 0 Å². The van der Waals surface area contributed by atoms with E-state index in [1.807, 2.05) is 79.3 Å². The molecule has 0 amide bonds. The number of oxazole rings is 3. The Morgan fingerprint density at radius 2 is 0.538 bits per heavy atom. The molecule has 12 aromatic carbocycles. The Balaban J connectivity index is 0.000000178. The Kier molecular flexibility index (Phi) is 32.9. The van der Waals surface area contributed by atoms with Crippen molar-refractivity contribution in [3.05, 3.63) is 341 Å². The van der Waals surface area contributed by atoms with Crippen molar-refractivity contribution in [2.24, 2.45) is 0 Å². The Bertz CT molecular complexity index is 7580. The third-order valence-corrected chi connectivity index (χ3v) is 26.6. The van der Waals surface area contributed by atoms with E-state index >= 15 is 0 Å². The molecule has 0 radical (unpaired) electrons. The van der Waals surface area contributed by atoms with E-state index in [-0.39, 0.29) is 108 Å². The van der Waals surface area contributed by atoms with Crippen LogP contribution in [0.15, 0.2) is 274 Å². The van der Waals surface area contributed by atoms with E-state index < -0.39 is 0 Å². The number of rotatable bonds is 18. The van der Waals surface area contributed by atoms with Crippen LogP contribution in [0.1, 0.15) is 284 Å². The minimum Gasteiger partial charge on any atom is -0.507 e. The quantitative estimate of drug-likeness (QED) is 0.0694. The summed E-state index contributed by atoms with van der Waals surface area (Å²) in [6.07, 6.45) is 5.74. The molecule has 0 bridgehead atoms. The first-order chi connectivity index (χ1) is 66.2. The molecule has 143 heavy (non-hydrogen) atoms. The fourth-order valence-corrected chi connectivity index (χ4v) is 17.8. The van der Waals surface area contributed by atoms with Gasteiger partial charge in [-0.15, -0.1) is 87.5 Å². The number of para-hydroxylation sites is 5. The largest absolute Gasteiger partial charge is 0.507 e. The van der Waals surface area contributed by atoms with Crippen LogP contribution in [0.3, 0.4) is 0 Å². The van der Waals surface area contributed by atoms with Gasteiger partial charge in [0.15, 0.2) is 0 Å².